The fourth-order valence-electron chi connectivity index (χ4n) is 4.40. The molecule has 0 saturated carbocycles. The van der Waals surface area contributed by atoms with Crippen LogP contribution in [-0.2, 0) is 21.2 Å². The number of nitro groups is 1. The van der Waals surface area contributed by atoms with E-state index < -0.39 is 10.0 Å². The summed E-state index contributed by atoms with van der Waals surface area (Å²) >= 11 is 0. The number of hydrogen-bond acceptors (Lipinski definition) is 6. The normalized spacial score (nSPS) is 17.3. The minimum atomic E-state index is -3.43. The van der Waals surface area contributed by atoms with E-state index in [9.17, 15) is 23.3 Å². The molecule has 176 valence electrons. The number of aryl methyl sites for hydroxylation is 1. The third-order valence-corrected chi connectivity index (χ3v) is 8.22. The Balaban J connectivity index is 1.29. The van der Waals surface area contributed by atoms with Crippen LogP contribution in [0.3, 0.4) is 0 Å². The molecule has 9 nitrogen and oxygen atoms in total. The summed E-state index contributed by atoms with van der Waals surface area (Å²) in [6.07, 6.45) is 2.67. The second kappa shape index (κ2) is 9.88. The summed E-state index contributed by atoms with van der Waals surface area (Å²) < 4.78 is 26.8. The molecule has 2 aliphatic heterocycles. The number of amides is 1. The Kier molecular flexibility index (Phi) is 6.94. The van der Waals surface area contributed by atoms with Crippen LogP contribution in [0.5, 0.6) is 0 Å². The smallest absolute Gasteiger partial charge is 0.292 e. The summed E-state index contributed by atoms with van der Waals surface area (Å²) in [6, 6.07) is 13.5. The first-order valence-electron chi connectivity index (χ1n) is 11.2. The number of para-hydroxylation sites is 2. The summed E-state index contributed by atoms with van der Waals surface area (Å²) in [6.45, 7) is 3.25. The highest BCUT2D eigenvalue weighted by molar-refractivity contribution is 7.89. The molecule has 33 heavy (non-hydrogen) atoms. The van der Waals surface area contributed by atoms with Gasteiger partial charge in [-0.1, -0.05) is 24.3 Å². The number of nitrogens with zero attached hydrogens (tertiary/aromatic N) is 4. The van der Waals surface area contributed by atoms with E-state index in [4.69, 9.17) is 0 Å². The Bertz CT molecular complexity index is 1110. The number of rotatable bonds is 7. The Morgan fingerprint density at radius 1 is 0.909 bits per heavy atom. The molecule has 0 aromatic heterocycles. The number of sulfonamides is 1. The third-order valence-electron chi connectivity index (χ3n) is 6.31. The molecule has 0 unspecified atom stereocenters. The van der Waals surface area contributed by atoms with Gasteiger partial charge in [-0.2, -0.15) is 4.31 Å². The summed E-state index contributed by atoms with van der Waals surface area (Å²) in [7, 11) is -3.43. The molecule has 2 saturated heterocycles. The van der Waals surface area contributed by atoms with Crippen molar-refractivity contribution in [1.82, 2.24) is 9.21 Å². The molecule has 1 amide bonds. The van der Waals surface area contributed by atoms with E-state index in [1.165, 1.54) is 10.4 Å². The summed E-state index contributed by atoms with van der Waals surface area (Å²) in [5.74, 6) is 0.0333. The topological polar surface area (TPSA) is 104 Å². The van der Waals surface area contributed by atoms with Crippen molar-refractivity contribution in [3.63, 3.8) is 0 Å². The van der Waals surface area contributed by atoms with Gasteiger partial charge in [-0.25, -0.2) is 8.42 Å². The fraction of sp³-hybridized carbons (Fsp3) is 0.435. The van der Waals surface area contributed by atoms with Gasteiger partial charge >= 0.3 is 0 Å². The SMILES string of the molecule is O=C(CCc1ccc(S(=O)(=O)N2CCCC2)cc1)N1CCN(c2ccccc2[N+](=O)[O-])CC1. The molecule has 0 atom stereocenters. The van der Waals surface area contributed by atoms with Crippen molar-refractivity contribution < 1.29 is 18.1 Å². The minimum absolute atomic E-state index is 0.0333. The number of carbonyl (C=O) groups is 1. The molecular formula is C23H28N4O5S. The Morgan fingerprint density at radius 2 is 1.55 bits per heavy atom. The zero-order chi connectivity index (χ0) is 23.4. The monoisotopic (exact) mass is 472 g/mol. The van der Waals surface area contributed by atoms with Crippen molar-refractivity contribution in [3.8, 4) is 0 Å². The minimum Gasteiger partial charge on any atom is -0.362 e. The summed E-state index contributed by atoms with van der Waals surface area (Å²) in [5, 5.41) is 11.3. The quantitative estimate of drug-likeness (QED) is 0.453. The van der Waals surface area contributed by atoms with E-state index in [1.54, 1.807) is 47.4 Å². The van der Waals surface area contributed by atoms with Gasteiger partial charge in [0.1, 0.15) is 5.69 Å². The summed E-state index contributed by atoms with van der Waals surface area (Å²) in [5.41, 5.74) is 1.58. The largest absolute Gasteiger partial charge is 0.362 e. The number of carbonyl (C=O) groups excluding carboxylic acids is 1. The molecule has 0 aliphatic carbocycles. The van der Waals surface area contributed by atoms with Gasteiger partial charge in [0.25, 0.3) is 5.69 Å². The van der Waals surface area contributed by atoms with Crippen molar-refractivity contribution in [2.24, 2.45) is 0 Å². The molecular weight excluding hydrogens is 444 g/mol. The van der Waals surface area contributed by atoms with Crippen molar-refractivity contribution in [2.75, 3.05) is 44.2 Å². The molecule has 2 aliphatic rings. The van der Waals surface area contributed by atoms with Crippen LogP contribution in [0, 0.1) is 10.1 Å². The molecule has 0 radical (unpaired) electrons. The van der Waals surface area contributed by atoms with E-state index in [-0.39, 0.29) is 16.5 Å². The van der Waals surface area contributed by atoms with Crippen molar-refractivity contribution in [3.05, 3.63) is 64.2 Å². The van der Waals surface area contributed by atoms with Gasteiger partial charge in [0.05, 0.1) is 9.82 Å². The van der Waals surface area contributed by atoms with Crippen molar-refractivity contribution >= 4 is 27.3 Å². The van der Waals surface area contributed by atoms with Crippen LogP contribution in [0.1, 0.15) is 24.8 Å². The number of benzene rings is 2. The maximum absolute atomic E-state index is 12.7. The average Bonchev–Trinajstić information content (AvgIpc) is 3.39. The molecule has 10 heteroatoms. The Labute approximate surface area is 193 Å². The van der Waals surface area contributed by atoms with Crippen LogP contribution in [0.15, 0.2) is 53.4 Å². The molecule has 2 aromatic rings. The van der Waals surface area contributed by atoms with Gasteiger partial charge in [0.2, 0.25) is 15.9 Å². The van der Waals surface area contributed by atoms with Gasteiger partial charge in [-0.15, -0.1) is 0 Å². The van der Waals surface area contributed by atoms with E-state index in [0.717, 1.165) is 18.4 Å². The molecule has 2 aromatic carbocycles. The zero-order valence-corrected chi connectivity index (χ0v) is 19.2. The highest BCUT2D eigenvalue weighted by Gasteiger charge is 2.27. The van der Waals surface area contributed by atoms with Crippen LogP contribution < -0.4 is 4.90 Å². The van der Waals surface area contributed by atoms with Crippen LogP contribution >= 0.6 is 0 Å². The lowest BCUT2D eigenvalue weighted by Crippen LogP contribution is -2.49. The predicted molar refractivity (Wildman–Crippen MR) is 125 cm³/mol. The van der Waals surface area contributed by atoms with E-state index in [2.05, 4.69) is 0 Å². The maximum atomic E-state index is 12.7. The standard InChI is InChI=1S/C23H28N4O5S/c28-23(25-17-15-24(16-18-25)21-5-1-2-6-22(21)27(29)30)12-9-19-7-10-20(11-8-19)33(31,32)26-13-3-4-14-26/h1-2,5-8,10-11H,3-4,9,12-18H2. The van der Waals surface area contributed by atoms with Gasteiger partial charge in [-0.05, 0) is 43.0 Å². The van der Waals surface area contributed by atoms with E-state index >= 15 is 0 Å². The first-order valence-corrected chi connectivity index (χ1v) is 12.7. The molecule has 2 heterocycles. The predicted octanol–water partition coefficient (Wildman–Crippen LogP) is 2.66. The third kappa shape index (κ3) is 5.17. The summed E-state index contributed by atoms with van der Waals surface area (Å²) in [4.78, 5) is 27.6. The van der Waals surface area contributed by atoms with Gasteiger partial charge < -0.3 is 9.80 Å². The number of anilines is 1. The van der Waals surface area contributed by atoms with Gasteiger partial charge in [0, 0.05) is 51.8 Å². The van der Waals surface area contributed by atoms with Crippen LogP contribution in [-0.4, -0.2) is 67.7 Å². The fourth-order valence-corrected chi connectivity index (χ4v) is 5.91. The number of hydrogen-bond donors (Lipinski definition) is 0. The first-order chi connectivity index (χ1) is 15.9. The number of nitro benzene ring substituents is 1. The number of piperazine rings is 1. The lowest BCUT2D eigenvalue weighted by atomic mass is 10.1. The lowest BCUT2D eigenvalue weighted by molar-refractivity contribution is -0.384. The second-order valence-corrected chi connectivity index (χ2v) is 10.3. The average molecular weight is 473 g/mol. The van der Waals surface area contributed by atoms with E-state index in [0.29, 0.717) is 62.7 Å². The Hall–Kier alpha value is -2.98. The van der Waals surface area contributed by atoms with Crippen LogP contribution in [0.2, 0.25) is 0 Å². The lowest BCUT2D eigenvalue weighted by Gasteiger charge is -2.35. The first kappa shape index (κ1) is 23.2. The maximum Gasteiger partial charge on any atom is 0.292 e. The Morgan fingerprint density at radius 3 is 2.18 bits per heavy atom. The molecule has 0 N–H and O–H groups in total. The van der Waals surface area contributed by atoms with Gasteiger partial charge in [-0.3, -0.25) is 14.9 Å². The van der Waals surface area contributed by atoms with Crippen LogP contribution in [0.4, 0.5) is 11.4 Å². The van der Waals surface area contributed by atoms with Crippen LogP contribution in [0.25, 0.3) is 0 Å². The van der Waals surface area contributed by atoms with Crippen molar-refractivity contribution in [1.29, 1.82) is 0 Å². The zero-order valence-electron chi connectivity index (χ0n) is 18.4. The molecule has 0 bridgehead atoms. The molecule has 2 fully saturated rings. The highest BCUT2D eigenvalue weighted by Crippen LogP contribution is 2.28. The molecule has 4 rings (SSSR count). The molecule has 0 spiro atoms. The van der Waals surface area contributed by atoms with E-state index in [1.807, 2.05) is 4.90 Å². The second-order valence-electron chi connectivity index (χ2n) is 8.37. The van der Waals surface area contributed by atoms with Gasteiger partial charge in [0.15, 0.2) is 0 Å². The van der Waals surface area contributed by atoms with Crippen molar-refractivity contribution in [2.45, 2.75) is 30.6 Å². The highest BCUT2D eigenvalue weighted by atomic mass is 32.2.